The van der Waals surface area contributed by atoms with E-state index in [1.807, 2.05) is 48.5 Å². The highest BCUT2D eigenvalue weighted by Gasteiger charge is 2.17. The molecule has 0 aliphatic heterocycles. The maximum absolute atomic E-state index is 5.41. The summed E-state index contributed by atoms with van der Waals surface area (Å²) in [5.41, 5.74) is 3.46. The van der Waals surface area contributed by atoms with E-state index in [2.05, 4.69) is 32.4 Å². The van der Waals surface area contributed by atoms with Gasteiger partial charge in [-0.2, -0.15) is 0 Å². The van der Waals surface area contributed by atoms with Crippen LogP contribution >= 0.6 is 0 Å². The number of nitrogens with one attached hydrogen (secondary N) is 1. The zero-order chi connectivity index (χ0) is 19.3. The van der Waals surface area contributed by atoms with Gasteiger partial charge in [0.1, 0.15) is 22.8 Å². The van der Waals surface area contributed by atoms with E-state index < -0.39 is 0 Å². The van der Waals surface area contributed by atoms with Crippen LogP contribution in [0.1, 0.15) is 17.2 Å². The van der Waals surface area contributed by atoms with Gasteiger partial charge in [-0.3, -0.25) is 4.98 Å². The maximum atomic E-state index is 5.41. The van der Waals surface area contributed by atoms with Crippen LogP contribution in [0.5, 0.6) is 11.5 Å². The smallest absolute Gasteiger partial charge is 0.180 e. The molecule has 140 valence electrons. The molecule has 2 aromatic carbocycles. The zero-order valence-electron chi connectivity index (χ0n) is 15.7. The molecular formula is C22H20N4O2. The first-order valence-corrected chi connectivity index (χ1v) is 8.89. The van der Waals surface area contributed by atoms with Gasteiger partial charge in [0, 0.05) is 12.4 Å². The number of pyridine rings is 1. The Bertz CT molecular complexity index is 1050. The van der Waals surface area contributed by atoms with E-state index in [1.165, 1.54) is 0 Å². The highest BCUT2D eigenvalue weighted by Crippen LogP contribution is 2.30. The lowest BCUT2D eigenvalue weighted by molar-refractivity contribution is 0.413. The van der Waals surface area contributed by atoms with Gasteiger partial charge in [-0.15, -0.1) is 0 Å². The Kier molecular flexibility index (Phi) is 5.01. The quantitative estimate of drug-likeness (QED) is 0.546. The second kappa shape index (κ2) is 7.92. The predicted molar refractivity (Wildman–Crippen MR) is 109 cm³/mol. The number of hydrogen-bond acceptors (Lipinski definition) is 6. The first kappa shape index (κ1) is 17.7. The molecule has 0 atom stereocenters. The molecule has 4 rings (SSSR count). The van der Waals surface area contributed by atoms with Crippen LogP contribution in [-0.2, 0) is 0 Å². The van der Waals surface area contributed by atoms with Gasteiger partial charge in [0.2, 0.25) is 0 Å². The number of benzene rings is 2. The Morgan fingerprint density at radius 2 is 1.43 bits per heavy atom. The van der Waals surface area contributed by atoms with E-state index in [-0.39, 0.29) is 6.04 Å². The first-order chi connectivity index (χ1) is 13.8. The van der Waals surface area contributed by atoms with Gasteiger partial charge >= 0.3 is 0 Å². The number of hydrogen-bond donors (Lipinski definition) is 1. The van der Waals surface area contributed by atoms with Crippen LogP contribution in [0.3, 0.4) is 0 Å². The Morgan fingerprint density at radius 3 is 2.07 bits per heavy atom. The lowest BCUT2D eigenvalue weighted by Gasteiger charge is -2.21. The average Bonchev–Trinajstić information content (AvgIpc) is 2.77. The summed E-state index contributed by atoms with van der Waals surface area (Å²) in [4.78, 5) is 13.2. The summed E-state index contributed by atoms with van der Waals surface area (Å²) in [5, 5.41) is 3.52. The van der Waals surface area contributed by atoms with Crippen molar-refractivity contribution in [1.29, 1.82) is 0 Å². The molecule has 2 heterocycles. The van der Waals surface area contributed by atoms with Crippen LogP contribution in [0.2, 0.25) is 0 Å². The number of rotatable bonds is 6. The van der Waals surface area contributed by atoms with Gasteiger partial charge in [0.05, 0.1) is 20.3 Å². The molecule has 0 bridgehead atoms. The van der Waals surface area contributed by atoms with Crippen LogP contribution in [-0.4, -0.2) is 29.2 Å². The Labute approximate surface area is 163 Å². The summed E-state index contributed by atoms with van der Waals surface area (Å²) in [5.74, 6) is 2.30. The number of nitrogens with zero attached hydrogens (tertiary/aromatic N) is 3. The summed E-state index contributed by atoms with van der Waals surface area (Å²) in [6, 6.07) is 19.6. The fourth-order valence-corrected chi connectivity index (χ4v) is 3.08. The largest absolute Gasteiger partial charge is 0.497 e. The van der Waals surface area contributed by atoms with Gasteiger partial charge in [0.25, 0.3) is 0 Å². The molecule has 0 radical (unpaired) electrons. The second-order valence-electron chi connectivity index (χ2n) is 6.23. The SMILES string of the molecule is COc1cccc(C(Nc2ccc3nccnc3n2)c2cccc(OC)c2)c1. The summed E-state index contributed by atoms with van der Waals surface area (Å²) >= 11 is 0. The van der Waals surface area contributed by atoms with E-state index in [0.717, 1.165) is 28.1 Å². The number of fused-ring (bicyclic) bond motifs is 1. The summed E-state index contributed by atoms with van der Waals surface area (Å²) in [6.45, 7) is 0. The molecule has 6 nitrogen and oxygen atoms in total. The lowest BCUT2D eigenvalue weighted by Crippen LogP contribution is -2.13. The normalized spacial score (nSPS) is 10.8. The molecule has 0 unspecified atom stereocenters. The predicted octanol–water partition coefficient (Wildman–Crippen LogP) is 4.24. The second-order valence-corrected chi connectivity index (χ2v) is 6.23. The summed E-state index contributed by atoms with van der Waals surface area (Å²) in [7, 11) is 3.33. The van der Waals surface area contributed by atoms with Gasteiger partial charge in [-0.25, -0.2) is 9.97 Å². The van der Waals surface area contributed by atoms with E-state index in [0.29, 0.717) is 11.5 Å². The van der Waals surface area contributed by atoms with Gasteiger partial charge < -0.3 is 14.8 Å². The first-order valence-electron chi connectivity index (χ1n) is 8.89. The minimum absolute atomic E-state index is 0.146. The van der Waals surface area contributed by atoms with Crippen molar-refractivity contribution in [2.45, 2.75) is 6.04 Å². The fourth-order valence-electron chi connectivity index (χ4n) is 3.08. The Hall–Kier alpha value is -3.67. The van der Waals surface area contributed by atoms with Crippen LogP contribution < -0.4 is 14.8 Å². The number of aromatic nitrogens is 3. The third-order valence-corrected chi connectivity index (χ3v) is 4.48. The van der Waals surface area contributed by atoms with Crippen molar-refractivity contribution in [2.75, 3.05) is 19.5 Å². The maximum Gasteiger partial charge on any atom is 0.180 e. The average molecular weight is 372 g/mol. The molecule has 28 heavy (non-hydrogen) atoms. The molecule has 0 amide bonds. The van der Waals surface area contributed by atoms with Crippen molar-refractivity contribution in [3.05, 3.63) is 84.2 Å². The summed E-state index contributed by atoms with van der Waals surface area (Å²) in [6.07, 6.45) is 3.30. The molecule has 6 heteroatoms. The molecule has 1 N–H and O–H groups in total. The van der Waals surface area contributed by atoms with Crippen LogP contribution in [0.4, 0.5) is 5.82 Å². The van der Waals surface area contributed by atoms with Crippen molar-refractivity contribution < 1.29 is 9.47 Å². The van der Waals surface area contributed by atoms with Crippen LogP contribution in [0, 0.1) is 0 Å². The van der Waals surface area contributed by atoms with Crippen molar-refractivity contribution in [3.8, 4) is 11.5 Å². The molecule has 2 aromatic heterocycles. The Morgan fingerprint density at radius 1 is 0.786 bits per heavy atom. The minimum atomic E-state index is -0.146. The van der Waals surface area contributed by atoms with Gasteiger partial charge in [-0.05, 0) is 47.5 Å². The van der Waals surface area contributed by atoms with Crippen LogP contribution in [0.15, 0.2) is 73.1 Å². The molecule has 0 saturated carbocycles. The van der Waals surface area contributed by atoms with E-state index in [9.17, 15) is 0 Å². The van der Waals surface area contributed by atoms with Crippen molar-refractivity contribution in [1.82, 2.24) is 15.0 Å². The van der Waals surface area contributed by atoms with Crippen molar-refractivity contribution in [3.63, 3.8) is 0 Å². The lowest BCUT2D eigenvalue weighted by atomic mass is 9.98. The molecule has 0 saturated heterocycles. The van der Waals surface area contributed by atoms with E-state index >= 15 is 0 Å². The number of anilines is 1. The highest BCUT2D eigenvalue weighted by atomic mass is 16.5. The van der Waals surface area contributed by atoms with Crippen LogP contribution in [0.25, 0.3) is 11.2 Å². The number of methoxy groups -OCH3 is 2. The fraction of sp³-hybridized carbons (Fsp3) is 0.136. The highest BCUT2D eigenvalue weighted by molar-refractivity contribution is 5.71. The monoisotopic (exact) mass is 372 g/mol. The molecule has 0 fully saturated rings. The molecule has 0 aliphatic carbocycles. The minimum Gasteiger partial charge on any atom is -0.497 e. The van der Waals surface area contributed by atoms with Gasteiger partial charge in [0.15, 0.2) is 5.65 Å². The summed E-state index contributed by atoms with van der Waals surface area (Å²) < 4.78 is 10.8. The van der Waals surface area contributed by atoms with E-state index in [1.54, 1.807) is 26.6 Å². The molecule has 0 spiro atoms. The van der Waals surface area contributed by atoms with Crippen molar-refractivity contribution >= 4 is 17.0 Å². The standard InChI is InChI=1S/C22H20N4O2/c1-27-17-7-3-5-15(13-17)21(16-6-4-8-18(14-16)28-2)25-20-10-9-19-22(26-20)24-12-11-23-19/h3-14,21H,1-2H3,(H,24,25,26). The molecule has 4 aromatic rings. The van der Waals surface area contributed by atoms with Gasteiger partial charge in [-0.1, -0.05) is 24.3 Å². The topological polar surface area (TPSA) is 69.2 Å². The Balaban J connectivity index is 1.76. The third-order valence-electron chi connectivity index (χ3n) is 4.48. The third kappa shape index (κ3) is 3.71. The zero-order valence-corrected chi connectivity index (χ0v) is 15.7. The van der Waals surface area contributed by atoms with E-state index in [4.69, 9.17) is 9.47 Å². The van der Waals surface area contributed by atoms with Crippen molar-refractivity contribution in [2.24, 2.45) is 0 Å². The number of ether oxygens (including phenoxy) is 2. The molecule has 0 aliphatic rings. The molecular weight excluding hydrogens is 352 g/mol.